The van der Waals surface area contributed by atoms with E-state index in [1.54, 1.807) is 12.1 Å². The van der Waals surface area contributed by atoms with Crippen LogP contribution in [0.2, 0.25) is 5.02 Å². The van der Waals surface area contributed by atoms with E-state index >= 15 is 0 Å². The SMILES string of the molecule is CCc1nc2cc(Cl)ccn2c1C(=O)N1CC(C)OC(C)C1. The van der Waals surface area contributed by atoms with Gasteiger partial charge in [-0.3, -0.25) is 9.20 Å². The molecule has 5 nitrogen and oxygen atoms in total. The molecule has 0 spiro atoms. The maximum absolute atomic E-state index is 13.0. The van der Waals surface area contributed by atoms with E-state index in [2.05, 4.69) is 4.98 Å². The highest BCUT2D eigenvalue weighted by molar-refractivity contribution is 6.30. The standard InChI is InChI=1S/C16H20ClN3O2/c1-4-13-15(20-6-5-12(17)7-14(20)18-13)16(21)19-8-10(2)22-11(3)9-19/h5-7,10-11H,4,8-9H2,1-3H3. The molecule has 2 aromatic rings. The number of imidazole rings is 1. The second kappa shape index (κ2) is 5.89. The van der Waals surface area contributed by atoms with E-state index in [0.717, 1.165) is 5.69 Å². The average Bonchev–Trinajstić information content (AvgIpc) is 2.82. The minimum atomic E-state index is 0.00803. The summed E-state index contributed by atoms with van der Waals surface area (Å²) in [5.41, 5.74) is 2.15. The van der Waals surface area contributed by atoms with Gasteiger partial charge in [0.05, 0.1) is 17.9 Å². The molecule has 0 saturated carbocycles. The van der Waals surface area contributed by atoms with E-state index < -0.39 is 0 Å². The van der Waals surface area contributed by atoms with Crippen molar-refractivity contribution in [3.8, 4) is 0 Å². The minimum absolute atomic E-state index is 0.00803. The van der Waals surface area contributed by atoms with Crippen LogP contribution in [-0.4, -0.2) is 45.5 Å². The molecule has 0 aromatic carbocycles. The van der Waals surface area contributed by atoms with Gasteiger partial charge in [0, 0.05) is 30.4 Å². The fraction of sp³-hybridized carbons (Fsp3) is 0.500. The van der Waals surface area contributed by atoms with Crippen LogP contribution in [0.5, 0.6) is 0 Å². The van der Waals surface area contributed by atoms with Crippen LogP contribution in [-0.2, 0) is 11.2 Å². The third-order valence-corrected chi connectivity index (χ3v) is 4.14. The number of aromatic nitrogens is 2. The molecule has 1 aliphatic heterocycles. The van der Waals surface area contributed by atoms with Crippen molar-refractivity contribution in [3.05, 3.63) is 34.7 Å². The van der Waals surface area contributed by atoms with E-state index in [1.807, 2.05) is 36.3 Å². The van der Waals surface area contributed by atoms with E-state index in [0.29, 0.717) is 35.9 Å². The normalized spacial score (nSPS) is 22.3. The van der Waals surface area contributed by atoms with Crippen molar-refractivity contribution < 1.29 is 9.53 Å². The van der Waals surface area contributed by atoms with Crippen LogP contribution in [0.4, 0.5) is 0 Å². The number of hydrogen-bond acceptors (Lipinski definition) is 3. The lowest BCUT2D eigenvalue weighted by atomic mass is 10.2. The first-order chi connectivity index (χ1) is 10.5. The fourth-order valence-electron chi connectivity index (χ4n) is 3.04. The number of hydrogen-bond donors (Lipinski definition) is 0. The van der Waals surface area contributed by atoms with Crippen molar-refractivity contribution in [3.63, 3.8) is 0 Å². The van der Waals surface area contributed by atoms with Gasteiger partial charge in [0.15, 0.2) is 0 Å². The summed E-state index contributed by atoms with van der Waals surface area (Å²) in [6.07, 6.45) is 2.61. The molecule has 0 N–H and O–H groups in total. The lowest BCUT2D eigenvalue weighted by Crippen LogP contribution is -2.48. The van der Waals surface area contributed by atoms with Gasteiger partial charge in [-0.1, -0.05) is 18.5 Å². The van der Waals surface area contributed by atoms with Gasteiger partial charge in [0.2, 0.25) is 0 Å². The molecule has 2 aromatic heterocycles. The zero-order valence-electron chi connectivity index (χ0n) is 13.0. The molecule has 1 aliphatic rings. The Hall–Kier alpha value is -1.59. The average molecular weight is 322 g/mol. The Bertz CT molecular complexity index is 703. The lowest BCUT2D eigenvalue weighted by Gasteiger charge is -2.35. The Kier molecular flexibility index (Phi) is 4.10. The molecule has 2 atom stereocenters. The Morgan fingerprint density at radius 3 is 2.73 bits per heavy atom. The van der Waals surface area contributed by atoms with Gasteiger partial charge in [0.25, 0.3) is 5.91 Å². The van der Waals surface area contributed by atoms with Gasteiger partial charge >= 0.3 is 0 Å². The molecule has 6 heteroatoms. The number of aryl methyl sites for hydroxylation is 1. The van der Waals surface area contributed by atoms with Crippen molar-refractivity contribution in [1.82, 2.24) is 14.3 Å². The van der Waals surface area contributed by atoms with Crippen molar-refractivity contribution >= 4 is 23.2 Å². The molecule has 118 valence electrons. The third-order valence-electron chi connectivity index (χ3n) is 3.90. The smallest absolute Gasteiger partial charge is 0.272 e. The number of nitrogens with zero attached hydrogens (tertiary/aromatic N) is 3. The summed E-state index contributed by atoms with van der Waals surface area (Å²) in [5.74, 6) is 0.00803. The molecule has 0 radical (unpaired) electrons. The number of carbonyl (C=O) groups excluding carboxylic acids is 1. The first-order valence-electron chi connectivity index (χ1n) is 7.60. The van der Waals surface area contributed by atoms with Crippen LogP contribution in [0.15, 0.2) is 18.3 Å². The molecule has 1 amide bonds. The lowest BCUT2D eigenvalue weighted by molar-refractivity contribution is -0.0587. The van der Waals surface area contributed by atoms with Crippen molar-refractivity contribution in [2.45, 2.75) is 39.4 Å². The number of carbonyl (C=O) groups is 1. The van der Waals surface area contributed by atoms with E-state index in [4.69, 9.17) is 16.3 Å². The first kappa shape index (κ1) is 15.3. The largest absolute Gasteiger partial charge is 0.372 e. The summed E-state index contributed by atoms with van der Waals surface area (Å²) in [6, 6.07) is 3.55. The third kappa shape index (κ3) is 2.71. The number of halogens is 1. The molecular weight excluding hydrogens is 302 g/mol. The zero-order valence-corrected chi connectivity index (χ0v) is 13.8. The summed E-state index contributed by atoms with van der Waals surface area (Å²) >= 11 is 6.02. The van der Waals surface area contributed by atoms with Gasteiger partial charge in [-0.2, -0.15) is 0 Å². The Morgan fingerprint density at radius 2 is 2.09 bits per heavy atom. The molecule has 0 bridgehead atoms. The first-order valence-corrected chi connectivity index (χ1v) is 7.98. The van der Waals surface area contributed by atoms with E-state index in [9.17, 15) is 4.79 Å². The van der Waals surface area contributed by atoms with Crippen molar-refractivity contribution in [1.29, 1.82) is 0 Å². The molecular formula is C16H20ClN3O2. The van der Waals surface area contributed by atoms with Crippen LogP contribution in [0.1, 0.15) is 37.0 Å². The summed E-state index contributed by atoms with van der Waals surface area (Å²) in [5, 5.41) is 0.618. The molecule has 3 rings (SSSR count). The number of rotatable bonds is 2. The highest BCUT2D eigenvalue weighted by Gasteiger charge is 2.29. The van der Waals surface area contributed by atoms with E-state index in [1.165, 1.54) is 0 Å². The topological polar surface area (TPSA) is 46.8 Å². The predicted molar refractivity (Wildman–Crippen MR) is 85.5 cm³/mol. The number of fused-ring (bicyclic) bond motifs is 1. The van der Waals surface area contributed by atoms with Gasteiger partial charge in [-0.25, -0.2) is 4.98 Å². The Morgan fingerprint density at radius 1 is 1.41 bits per heavy atom. The quantitative estimate of drug-likeness (QED) is 0.854. The van der Waals surface area contributed by atoms with Crippen LogP contribution in [0, 0.1) is 0 Å². The number of amides is 1. The molecule has 22 heavy (non-hydrogen) atoms. The number of ether oxygens (including phenoxy) is 1. The highest BCUT2D eigenvalue weighted by Crippen LogP contribution is 2.21. The zero-order chi connectivity index (χ0) is 15.9. The number of morpholine rings is 1. The second-order valence-electron chi connectivity index (χ2n) is 5.80. The molecule has 1 fully saturated rings. The Labute approximate surface area is 134 Å². The molecule has 3 heterocycles. The summed E-state index contributed by atoms with van der Waals surface area (Å²) in [7, 11) is 0. The van der Waals surface area contributed by atoms with Crippen LogP contribution in [0.25, 0.3) is 5.65 Å². The van der Waals surface area contributed by atoms with E-state index in [-0.39, 0.29) is 18.1 Å². The maximum atomic E-state index is 13.0. The van der Waals surface area contributed by atoms with Crippen LogP contribution in [0.3, 0.4) is 0 Å². The van der Waals surface area contributed by atoms with Crippen LogP contribution < -0.4 is 0 Å². The molecule has 0 aliphatic carbocycles. The van der Waals surface area contributed by atoms with Gasteiger partial charge < -0.3 is 9.64 Å². The summed E-state index contributed by atoms with van der Waals surface area (Å²) < 4.78 is 7.54. The minimum Gasteiger partial charge on any atom is -0.372 e. The Balaban J connectivity index is 2.03. The second-order valence-corrected chi connectivity index (χ2v) is 6.24. The van der Waals surface area contributed by atoms with Gasteiger partial charge in [-0.05, 0) is 26.3 Å². The maximum Gasteiger partial charge on any atom is 0.272 e. The van der Waals surface area contributed by atoms with Crippen molar-refractivity contribution in [2.75, 3.05) is 13.1 Å². The predicted octanol–water partition coefficient (Wildman–Crippen LogP) is 2.80. The summed E-state index contributed by atoms with van der Waals surface area (Å²) in [6.45, 7) is 7.20. The van der Waals surface area contributed by atoms with Gasteiger partial charge in [0.1, 0.15) is 11.3 Å². The fourth-order valence-corrected chi connectivity index (χ4v) is 3.19. The monoisotopic (exact) mass is 321 g/mol. The molecule has 2 unspecified atom stereocenters. The van der Waals surface area contributed by atoms with Gasteiger partial charge in [-0.15, -0.1) is 0 Å². The summed E-state index contributed by atoms with van der Waals surface area (Å²) in [4.78, 5) is 19.4. The van der Waals surface area contributed by atoms with Crippen LogP contribution >= 0.6 is 11.6 Å². The molecule has 1 saturated heterocycles. The van der Waals surface area contributed by atoms with Crippen molar-refractivity contribution in [2.24, 2.45) is 0 Å². The highest BCUT2D eigenvalue weighted by atomic mass is 35.5. The number of pyridine rings is 1.